The normalized spacial score (nSPS) is 17.6. The maximum atomic E-state index is 13.4. The fourth-order valence-electron chi connectivity index (χ4n) is 2.02. The summed E-state index contributed by atoms with van der Waals surface area (Å²) in [5.74, 6) is -0.0967. The van der Waals surface area contributed by atoms with E-state index in [0.29, 0.717) is 13.1 Å². The molecule has 1 aliphatic rings. The van der Waals surface area contributed by atoms with Gasteiger partial charge in [-0.05, 0) is 37.0 Å². The van der Waals surface area contributed by atoms with Crippen LogP contribution in [0.25, 0.3) is 0 Å². The molecular weight excluding hydrogens is 221 g/mol. The molecule has 0 spiro atoms. The first kappa shape index (κ1) is 12.3. The number of rotatable bonds is 5. The minimum atomic E-state index is -0.537. The number of aliphatic hydroxyl groups is 1. The minimum absolute atomic E-state index is 0.256. The molecule has 4 heteroatoms. The zero-order valence-electron chi connectivity index (χ0n) is 10.0. The van der Waals surface area contributed by atoms with E-state index in [9.17, 15) is 9.50 Å². The van der Waals surface area contributed by atoms with E-state index < -0.39 is 5.60 Å². The predicted octanol–water partition coefficient (Wildman–Crippen LogP) is 1.84. The second-order valence-electron chi connectivity index (χ2n) is 4.65. The summed E-state index contributed by atoms with van der Waals surface area (Å²) in [6.07, 6.45) is 2.81. The molecule has 0 saturated heterocycles. The van der Waals surface area contributed by atoms with Gasteiger partial charge in [-0.15, -0.1) is 0 Å². The van der Waals surface area contributed by atoms with Crippen LogP contribution in [0.2, 0.25) is 0 Å². The summed E-state index contributed by atoms with van der Waals surface area (Å²) in [4.78, 5) is 0. The van der Waals surface area contributed by atoms with Crippen LogP contribution >= 0.6 is 0 Å². The quantitative estimate of drug-likeness (QED) is 0.823. The molecule has 0 aliphatic heterocycles. The second kappa shape index (κ2) is 5.02. The van der Waals surface area contributed by atoms with Gasteiger partial charge < -0.3 is 15.2 Å². The Morgan fingerprint density at radius 2 is 2.24 bits per heavy atom. The standard InChI is InChI=1S/C13H18FNO2/c1-17-12-4-3-10(7-11(12)14)8-15-9-13(16)5-2-6-13/h3-4,7,15-16H,2,5-6,8-9H2,1H3. The summed E-state index contributed by atoms with van der Waals surface area (Å²) in [5, 5.41) is 13.0. The van der Waals surface area contributed by atoms with Crippen LogP contribution in [0, 0.1) is 5.82 Å². The first-order valence-corrected chi connectivity index (χ1v) is 5.88. The lowest BCUT2D eigenvalue weighted by Gasteiger charge is -2.36. The molecule has 1 aromatic carbocycles. The summed E-state index contributed by atoms with van der Waals surface area (Å²) >= 11 is 0. The lowest BCUT2D eigenvalue weighted by atomic mass is 9.80. The van der Waals surface area contributed by atoms with Gasteiger partial charge in [-0.25, -0.2) is 4.39 Å². The number of hydrogen-bond donors (Lipinski definition) is 2. The van der Waals surface area contributed by atoms with Crippen molar-refractivity contribution in [2.45, 2.75) is 31.4 Å². The monoisotopic (exact) mass is 239 g/mol. The van der Waals surface area contributed by atoms with E-state index in [0.717, 1.165) is 24.8 Å². The number of halogens is 1. The molecule has 1 fully saturated rings. The summed E-state index contributed by atoms with van der Waals surface area (Å²) in [6, 6.07) is 4.89. The highest BCUT2D eigenvalue weighted by atomic mass is 19.1. The first-order valence-electron chi connectivity index (χ1n) is 5.88. The molecule has 2 N–H and O–H groups in total. The van der Waals surface area contributed by atoms with Gasteiger partial charge in [-0.3, -0.25) is 0 Å². The number of methoxy groups -OCH3 is 1. The molecule has 0 radical (unpaired) electrons. The fraction of sp³-hybridized carbons (Fsp3) is 0.538. The molecule has 3 nitrogen and oxygen atoms in total. The van der Waals surface area contributed by atoms with Gasteiger partial charge in [0.2, 0.25) is 0 Å². The van der Waals surface area contributed by atoms with Gasteiger partial charge in [0.15, 0.2) is 11.6 Å². The lowest BCUT2D eigenvalue weighted by Crippen LogP contribution is -2.45. The Kier molecular flexibility index (Phi) is 3.64. The zero-order chi connectivity index (χ0) is 12.3. The molecule has 0 unspecified atom stereocenters. The highest BCUT2D eigenvalue weighted by Gasteiger charge is 2.33. The number of hydrogen-bond acceptors (Lipinski definition) is 3. The van der Waals surface area contributed by atoms with E-state index >= 15 is 0 Å². The van der Waals surface area contributed by atoms with Crippen LogP contribution in [0.15, 0.2) is 18.2 Å². The first-order chi connectivity index (χ1) is 8.13. The molecule has 0 aromatic heterocycles. The van der Waals surface area contributed by atoms with Gasteiger partial charge in [0.25, 0.3) is 0 Å². The molecule has 2 rings (SSSR count). The van der Waals surface area contributed by atoms with Crippen LogP contribution in [-0.2, 0) is 6.54 Å². The third-order valence-corrected chi connectivity index (χ3v) is 3.28. The Bertz CT molecular complexity index is 391. The summed E-state index contributed by atoms with van der Waals surface area (Å²) in [7, 11) is 1.45. The molecule has 1 aliphatic carbocycles. The molecule has 0 atom stereocenters. The zero-order valence-corrected chi connectivity index (χ0v) is 10.0. The van der Waals surface area contributed by atoms with Gasteiger partial charge in [0.1, 0.15) is 0 Å². The van der Waals surface area contributed by atoms with Gasteiger partial charge in [0.05, 0.1) is 12.7 Å². The Hall–Kier alpha value is -1.13. The third kappa shape index (κ3) is 2.96. The van der Waals surface area contributed by atoms with Crippen LogP contribution in [0.4, 0.5) is 4.39 Å². The maximum Gasteiger partial charge on any atom is 0.165 e. The molecule has 17 heavy (non-hydrogen) atoms. The van der Waals surface area contributed by atoms with E-state index in [4.69, 9.17) is 4.74 Å². The molecule has 94 valence electrons. The van der Waals surface area contributed by atoms with Crippen LogP contribution in [-0.4, -0.2) is 24.4 Å². The van der Waals surface area contributed by atoms with Gasteiger partial charge in [-0.1, -0.05) is 6.07 Å². The van der Waals surface area contributed by atoms with Crippen LogP contribution in [0.5, 0.6) is 5.75 Å². The Morgan fingerprint density at radius 3 is 2.76 bits per heavy atom. The van der Waals surface area contributed by atoms with E-state index in [-0.39, 0.29) is 11.6 Å². The highest BCUT2D eigenvalue weighted by Crippen LogP contribution is 2.30. The smallest absolute Gasteiger partial charge is 0.165 e. The van der Waals surface area contributed by atoms with Crippen molar-refractivity contribution in [2.24, 2.45) is 0 Å². The second-order valence-corrected chi connectivity index (χ2v) is 4.65. The van der Waals surface area contributed by atoms with Crippen molar-refractivity contribution < 1.29 is 14.2 Å². The van der Waals surface area contributed by atoms with E-state index in [1.54, 1.807) is 6.07 Å². The summed E-state index contributed by atoms with van der Waals surface area (Å²) in [6.45, 7) is 1.13. The molecule has 0 bridgehead atoms. The van der Waals surface area contributed by atoms with Crippen LogP contribution < -0.4 is 10.1 Å². The predicted molar refractivity (Wildman–Crippen MR) is 63.5 cm³/mol. The van der Waals surface area contributed by atoms with Gasteiger partial charge >= 0.3 is 0 Å². The average molecular weight is 239 g/mol. The van der Waals surface area contributed by atoms with E-state index in [1.165, 1.54) is 13.2 Å². The SMILES string of the molecule is COc1ccc(CNCC2(O)CCC2)cc1F. The number of ether oxygens (including phenoxy) is 1. The van der Waals surface area contributed by atoms with Crippen molar-refractivity contribution in [3.05, 3.63) is 29.6 Å². The third-order valence-electron chi connectivity index (χ3n) is 3.28. The Labute approximate surface area is 101 Å². The summed E-state index contributed by atoms with van der Waals surface area (Å²) in [5.41, 5.74) is 0.316. The van der Waals surface area contributed by atoms with Crippen molar-refractivity contribution in [1.29, 1.82) is 0 Å². The molecular formula is C13H18FNO2. The number of nitrogens with one attached hydrogen (secondary N) is 1. The van der Waals surface area contributed by atoms with Crippen molar-refractivity contribution in [1.82, 2.24) is 5.32 Å². The van der Waals surface area contributed by atoms with Crippen molar-refractivity contribution in [2.75, 3.05) is 13.7 Å². The Balaban J connectivity index is 1.84. The van der Waals surface area contributed by atoms with Crippen LogP contribution in [0.1, 0.15) is 24.8 Å². The molecule has 0 heterocycles. The van der Waals surface area contributed by atoms with Crippen molar-refractivity contribution >= 4 is 0 Å². The summed E-state index contributed by atoms with van der Waals surface area (Å²) < 4.78 is 18.2. The Morgan fingerprint density at radius 1 is 1.47 bits per heavy atom. The fourth-order valence-corrected chi connectivity index (χ4v) is 2.02. The average Bonchev–Trinajstić information content (AvgIpc) is 2.27. The minimum Gasteiger partial charge on any atom is -0.494 e. The molecule has 1 saturated carbocycles. The highest BCUT2D eigenvalue weighted by molar-refractivity contribution is 5.29. The van der Waals surface area contributed by atoms with Gasteiger partial charge in [0, 0.05) is 13.1 Å². The van der Waals surface area contributed by atoms with Crippen LogP contribution in [0.3, 0.4) is 0 Å². The topological polar surface area (TPSA) is 41.5 Å². The maximum absolute atomic E-state index is 13.4. The van der Waals surface area contributed by atoms with Crippen molar-refractivity contribution in [3.8, 4) is 5.75 Å². The lowest BCUT2D eigenvalue weighted by molar-refractivity contribution is -0.0314. The number of benzene rings is 1. The largest absolute Gasteiger partial charge is 0.494 e. The molecule has 1 aromatic rings. The molecule has 0 amide bonds. The van der Waals surface area contributed by atoms with Gasteiger partial charge in [-0.2, -0.15) is 0 Å². The van der Waals surface area contributed by atoms with E-state index in [2.05, 4.69) is 5.32 Å². The van der Waals surface area contributed by atoms with Crippen molar-refractivity contribution in [3.63, 3.8) is 0 Å². The van der Waals surface area contributed by atoms with E-state index in [1.807, 2.05) is 6.07 Å².